The number of hydrogen-bond acceptors (Lipinski definition) is 5. The smallest absolute Gasteiger partial charge is 0.264 e. The lowest BCUT2D eigenvalue weighted by atomic mass is 10.1. The van der Waals surface area contributed by atoms with Crippen molar-refractivity contribution in [3.63, 3.8) is 0 Å². The molecule has 0 aliphatic rings. The summed E-state index contributed by atoms with van der Waals surface area (Å²) < 4.78 is 49.4. The summed E-state index contributed by atoms with van der Waals surface area (Å²) in [7, 11) is -4.26. The van der Waals surface area contributed by atoms with Crippen LogP contribution in [-0.2, 0) is 26.2 Å². The van der Waals surface area contributed by atoms with E-state index in [0.717, 1.165) is 9.87 Å². The van der Waals surface area contributed by atoms with Gasteiger partial charge in [-0.15, -0.1) is 0 Å². The average Bonchev–Trinajstić information content (AvgIpc) is 2.94. The van der Waals surface area contributed by atoms with Crippen LogP contribution >= 0.6 is 0 Å². The van der Waals surface area contributed by atoms with Gasteiger partial charge >= 0.3 is 0 Å². The molecule has 3 rings (SSSR count). The molecule has 0 aliphatic heterocycles. The molecular formula is C31H38FN3O5S. The van der Waals surface area contributed by atoms with Crippen LogP contribution in [0.2, 0.25) is 0 Å². The summed E-state index contributed by atoms with van der Waals surface area (Å²) in [6.45, 7) is 8.83. The zero-order valence-corrected chi connectivity index (χ0v) is 24.9. The maximum Gasteiger partial charge on any atom is 0.264 e. The molecule has 2 amide bonds. The molecule has 0 radical (unpaired) electrons. The maximum absolute atomic E-state index is 14.7. The molecule has 41 heavy (non-hydrogen) atoms. The topological polar surface area (TPSA) is 96.0 Å². The molecule has 8 nitrogen and oxygen atoms in total. The molecule has 3 aromatic rings. The van der Waals surface area contributed by atoms with Gasteiger partial charge in [-0.05, 0) is 57.0 Å². The predicted molar refractivity (Wildman–Crippen MR) is 158 cm³/mol. The second kappa shape index (κ2) is 14.1. The third kappa shape index (κ3) is 8.07. The Morgan fingerprint density at radius 1 is 0.951 bits per heavy atom. The van der Waals surface area contributed by atoms with Gasteiger partial charge in [-0.1, -0.05) is 61.9 Å². The number of halogens is 1. The van der Waals surface area contributed by atoms with Gasteiger partial charge in [-0.3, -0.25) is 13.9 Å². The standard InChI is InChI=1S/C31H38FN3O5S/c1-6-40-29-14-10-9-13-28(29)35(41(38,39)26-17-15-23(4)16-18-26)21-30(36)34(20-25-11-7-8-12-27(25)32)24(5)31(37)33-19-22(2)3/h7-18,22,24H,6,19-21H2,1-5H3,(H,33,37)/t24-/m1/s1. The van der Waals surface area contributed by atoms with E-state index < -0.39 is 40.2 Å². The molecule has 0 saturated heterocycles. The molecule has 1 atom stereocenters. The number of rotatable bonds is 13. The average molecular weight is 584 g/mol. The van der Waals surface area contributed by atoms with Crippen molar-refractivity contribution in [1.82, 2.24) is 10.2 Å². The SMILES string of the molecule is CCOc1ccccc1N(CC(=O)N(Cc1ccccc1F)[C@H](C)C(=O)NCC(C)C)S(=O)(=O)c1ccc(C)cc1. The number of carbonyl (C=O) groups excluding carboxylic acids is 2. The third-order valence-corrected chi connectivity index (χ3v) is 8.25. The summed E-state index contributed by atoms with van der Waals surface area (Å²) in [4.78, 5) is 28.3. The van der Waals surface area contributed by atoms with Gasteiger partial charge in [0, 0.05) is 18.7 Å². The third-order valence-electron chi connectivity index (χ3n) is 6.47. The molecular weight excluding hydrogens is 545 g/mol. The molecule has 10 heteroatoms. The van der Waals surface area contributed by atoms with E-state index in [1.807, 2.05) is 20.8 Å². The van der Waals surface area contributed by atoms with Gasteiger partial charge in [0.2, 0.25) is 11.8 Å². The number of benzene rings is 3. The van der Waals surface area contributed by atoms with Gasteiger partial charge in [-0.25, -0.2) is 12.8 Å². The van der Waals surface area contributed by atoms with Crippen molar-refractivity contribution in [1.29, 1.82) is 0 Å². The normalized spacial score (nSPS) is 12.1. The van der Waals surface area contributed by atoms with E-state index in [0.29, 0.717) is 6.54 Å². The number of aryl methyl sites for hydroxylation is 1. The molecule has 0 fully saturated rings. The fourth-order valence-electron chi connectivity index (χ4n) is 4.14. The van der Waals surface area contributed by atoms with Crippen molar-refractivity contribution in [2.24, 2.45) is 5.92 Å². The highest BCUT2D eigenvalue weighted by molar-refractivity contribution is 7.92. The minimum absolute atomic E-state index is 0.00872. The Morgan fingerprint density at radius 2 is 1.59 bits per heavy atom. The van der Waals surface area contributed by atoms with E-state index in [-0.39, 0.29) is 41.0 Å². The Bertz CT molecular complexity index is 1440. The first-order chi connectivity index (χ1) is 19.4. The Balaban J connectivity index is 2.07. The Hall–Kier alpha value is -3.92. The van der Waals surface area contributed by atoms with Gasteiger partial charge < -0.3 is 15.0 Å². The van der Waals surface area contributed by atoms with E-state index in [4.69, 9.17) is 4.74 Å². The second-order valence-corrected chi connectivity index (χ2v) is 12.0. The van der Waals surface area contributed by atoms with E-state index >= 15 is 0 Å². The van der Waals surface area contributed by atoms with Crippen molar-refractivity contribution in [3.8, 4) is 5.75 Å². The number of anilines is 1. The fourth-order valence-corrected chi connectivity index (χ4v) is 5.56. The minimum Gasteiger partial charge on any atom is -0.492 e. The molecule has 0 aliphatic carbocycles. The summed E-state index contributed by atoms with van der Waals surface area (Å²) in [6, 6.07) is 17.8. The monoisotopic (exact) mass is 583 g/mol. The van der Waals surface area contributed by atoms with Crippen LogP contribution in [0.5, 0.6) is 5.75 Å². The van der Waals surface area contributed by atoms with Crippen molar-refractivity contribution in [2.75, 3.05) is 24.0 Å². The second-order valence-electron chi connectivity index (χ2n) is 10.2. The molecule has 3 aromatic carbocycles. The number of nitrogens with one attached hydrogen (secondary N) is 1. The first-order valence-corrected chi connectivity index (χ1v) is 15.0. The molecule has 0 bridgehead atoms. The largest absolute Gasteiger partial charge is 0.492 e. The highest BCUT2D eigenvalue weighted by atomic mass is 32.2. The molecule has 0 spiro atoms. The van der Waals surface area contributed by atoms with Gasteiger partial charge in [0.15, 0.2) is 0 Å². The molecule has 220 valence electrons. The van der Waals surface area contributed by atoms with Gasteiger partial charge in [0.1, 0.15) is 24.2 Å². The van der Waals surface area contributed by atoms with Crippen molar-refractivity contribution < 1.29 is 27.1 Å². The number of ether oxygens (including phenoxy) is 1. The summed E-state index contributed by atoms with van der Waals surface area (Å²) in [5.41, 5.74) is 1.25. The van der Waals surface area contributed by atoms with Crippen LogP contribution in [0, 0.1) is 18.7 Å². The van der Waals surface area contributed by atoms with E-state index in [2.05, 4.69) is 5.32 Å². The number of amides is 2. The van der Waals surface area contributed by atoms with Gasteiger partial charge in [0.05, 0.1) is 17.2 Å². The first-order valence-electron chi connectivity index (χ1n) is 13.6. The predicted octanol–water partition coefficient (Wildman–Crippen LogP) is 4.92. The van der Waals surface area contributed by atoms with Crippen LogP contribution in [0.15, 0.2) is 77.7 Å². The number of nitrogens with zero attached hydrogens (tertiary/aromatic N) is 2. The summed E-state index contributed by atoms with van der Waals surface area (Å²) in [6.07, 6.45) is 0. The molecule has 0 aromatic heterocycles. The Morgan fingerprint density at radius 3 is 2.22 bits per heavy atom. The zero-order valence-electron chi connectivity index (χ0n) is 24.1. The van der Waals surface area contributed by atoms with Crippen molar-refractivity contribution in [3.05, 3.63) is 89.7 Å². The summed E-state index contributed by atoms with van der Waals surface area (Å²) in [5, 5.41) is 2.81. The first kappa shape index (κ1) is 31.6. The molecule has 1 N–H and O–H groups in total. The van der Waals surface area contributed by atoms with E-state index in [9.17, 15) is 22.4 Å². The van der Waals surface area contributed by atoms with Crippen LogP contribution in [0.25, 0.3) is 0 Å². The van der Waals surface area contributed by atoms with E-state index in [1.165, 1.54) is 35.2 Å². The van der Waals surface area contributed by atoms with E-state index in [1.54, 1.807) is 56.3 Å². The van der Waals surface area contributed by atoms with Crippen LogP contribution in [0.1, 0.15) is 38.8 Å². The lowest BCUT2D eigenvalue weighted by Crippen LogP contribution is -2.51. The number of hydrogen-bond donors (Lipinski definition) is 1. The maximum atomic E-state index is 14.7. The number of para-hydroxylation sites is 2. The minimum atomic E-state index is -4.26. The van der Waals surface area contributed by atoms with Gasteiger partial charge in [-0.2, -0.15) is 0 Å². The Kier molecular flexibility index (Phi) is 10.9. The lowest BCUT2D eigenvalue weighted by Gasteiger charge is -2.32. The molecule has 0 saturated carbocycles. The summed E-state index contributed by atoms with van der Waals surface area (Å²) in [5.74, 6) is -1.19. The molecule has 0 unspecified atom stereocenters. The fraction of sp³-hybridized carbons (Fsp3) is 0.355. The van der Waals surface area contributed by atoms with Crippen LogP contribution < -0.4 is 14.4 Å². The van der Waals surface area contributed by atoms with Crippen LogP contribution in [0.3, 0.4) is 0 Å². The van der Waals surface area contributed by atoms with Gasteiger partial charge in [0.25, 0.3) is 10.0 Å². The van der Waals surface area contributed by atoms with Crippen LogP contribution in [0.4, 0.5) is 10.1 Å². The highest BCUT2D eigenvalue weighted by Gasteiger charge is 2.34. The quantitative estimate of drug-likeness (QED) is 0.308. The zero-order chi connectivity index (χ0) is 30.2. The number of sulfonamides is 1. The summed E-state index contributed by atoms with van der Waals surface area (Å²) >= 11 is 0. The molecule has 0 heterocycles. The van der Waals surface area contributed by atoms with Crippen molar-refractivity contribution in [2.45, 2.75) is 52.1 Å². The Labute approximate surface area is 242 Å². The van der Waals surface area contributed by atoms with Crippen LogP contribution in [-0.4, -0.2) is 50.9 Å². The highest BCUT2D eigenvalue weighted by Crippen LogP contribution is 2.33. The number of carbonyl (C=O) groups is 2. The van der Waals surface area contributed by atoms with Crippen molar-refractivity contribution >= 4 is 27.5 Å². The lowest BCUT2D eigenvalue weighted by molar-refractivity contribution is -0.139.